The van der Waals surface area contributed by atoms with Crippen LogP contribution in [0.4, 0.5) is 5.69 Å². The number of carbonyl (C=O) groups is 1. The first kappa shape index (κ1) is 20.4. The Labute approximate surface area is 173 Å². The lowest BCUT2D eigenvalue weighted by Gasteiger charge is -2.10. The molecule has 0 fully saturated rings. The van der Waals surface area contributed by atoms with E-state index >= 15 is 0 Å². The minimum atomic E-state index is -0.120. The predicted molar refractivity (Wildman–Crippen MR) is 113 cm³/mol. The highest BCUT2D eigenvalue weighted by atomic mass is 35.5. The standard InChI is InChI=1S/C20H21ClN4O2S/c1-14-4-3-5-15(12-14)19-23-24-20(25(19)10-11-27-2)28-13-18(26)22-17-8-6-16(21)7-9-17/h3-9,12H,10-11,13H2,1-2H3,(H,22,26). The molecule has 0 aliphatic rings. The number of thioether (sulfide) groups is 1. The number of hydrogen-bond acceptors (Lipinski definition) is 5. The Morgan fingerprint density at radius 3 is 2.71 bits per heavy atom. The molecule has 8 heteroatoms. The van der Waals surface area contributed by atoms with Crippen LogP contribution < -0.4 is 5.32 Å². The highest BCUT2D eigenvalue weighted by molar-refractivity contribution is 7.99. The highest BCUT2D eigenvalue weighted by Gasteiger charge is 2.16. The average molecular weight is 417 g/mol. The zero-order valence-electron chi connectivity index (χ0n) is 15.7. The first-order chi connectivity index (χ1) is 13.6. The maximum absolute atomic E-state index is 12.3. The second-order valence-corrected chi connectivity index (χ2v) is 7.54. The summed E-state index contributed by atoms with van der Waals surface area (Å²) in [4.78, 5) is 12.3. The number of benzene rings is 2. The van der Waals surface area contributed by atoms with Crippen molar-refractivity contribution < 1.29 is 9.53 Å². The Morgan fingerprint density at radius 1 is 1.21 bits per heavy atom. The highest BCUT2D eigenvalue weighted by Crippen LogP contribution is 2.25. The number of anilines is 1. The van der Waals surface area contributed by atoms with Crippen LogP contribution in [0, 0.1) is 6.92 Å². The van der Waals surface area contributed by atoms with Gasteiger partial charge in [0.1, 0.15) is 0 Å². The lowest BCUT2D eigenvalue weighted by Crippen LogP contribution is -2.15. The molecular weight excluding hydrogens is 396 g/mol. The van der Waals surface area contributed by atoms with Gasteiger partial charge in [-0.3, -0.25) is 9.36 Å². The summed E-state index contributed by atoms with van der Waals surface area (Å²) in [6.07, 6.45) is 0. The molecule has 3 aromatic rings. The van der Waals surface area contributed by atoms with Crippen molar-refractivity contribution in [3.05, 3.63) is 59.1 Å². The molecule has 28 heavy (non-hydrogen) atoms. The van der Waals surface area contributed by atoms with E-state index in [1.165, 1.54) is 11.8 Å². The van der Waals surface area contributed by atoms with Crippen LogP contribution in [0.25, 0.3) is 11.4 Å². The first-order valence-electron chi connectivity index (χ1n) is 8.74. The van der Waals surface area contributed by atoms with E-state index in [4.69, 9.17) is 16.3 Å². The number of nitrogens with one attached hydrogen (secondary N) is 1. The summed E-state index contributed by atoms with van der Waals surface area (Å²) in [7, 11) is 1.66. The smallest absolute Gasteiger partial charge is 0.234 e. The summed E-state index contributed by atoms with van der Waals surface area (Å²) in [5.74, 6) is 0.869. The van der Waals surface area contributed by atoms with Gasteiger partial charge in [-0.15, -0.1) is 10.2 Å². The fraction of sp³-hybridized carbons (Fsp3) is 0.250. The Hall–Kier alpha value is -2.35. The summed E-state index contributed by atoms with van der Waals surface area (Å²) in [5.41, 5.74) is 2.84. The molecule has 0 aliphatic carbocycles. The molecule has 1 aromatic heterocycles. The Balaban J connectivity index is 1.72. The maximum Gasteiger partial charge on any atom is 0.234 e. The molecule has 0 spiro atoms. The topological polar surface area (TPSA) is 69.0 Å². The van der Waals surface area contributed by atoms with Crippen molar-refractivity contribution in [3.63, 3.8) is 0 Å². The number of rotatable bonds is 8. The van der Waals surface area contributed by atoms with Gasteiger partial charge in [0, 0.05) is 23.4 Å². The number of aryl methyl sites for hydroxylation is 1. The zero-order valence-corrected chi connectivity index (χ0v) is 17.3. The largest absolute Gasteiger partial charge is 0.383 e. The van der Waals surface area contributed by atoms with Gasteiger partial charge >= 0.3 is 0 Å². The van der Waals surface area contributed by atoms with Gasteiger partial charge in [0.15, 0.2) is 11.0 Å². The van der Waals surface area contributed by atoms with Crippen molar-refractivity contribution in [3.8, 4) is 11.4 Å². The molecule has 1 amide bonds. The predicted octanol–water partition coefficient (Wildman–Crippen LogP) is 4.28. The molecule has 3 rings (SSSR count). The van der Waals surface area contributed by atoms with E-state index in [-0.39, 0.29) is 11.7 Å². The van der Waals surface area contributed by atoms with Crippen LogP contribution in [-0.2, 0) is 16.1 Å². The summed E-state index contributed by atoms with van der Waals surface area (Å²) in [6.45, 7) is 3.17. The van der Waals surface area contributed by atoms with Crippen LogP contribution in [0.3, 0.4) is 0 Å². The SMILES string of the molecule is COCCn1c(SCC(=O)Nc2ccc(Cl)cc2)nnc1-c1cccc(C)c1. The molecule has 1 heterocycles. The third-order valence-corrected chi connectivity index (χ3v) is 5.19. The molecule has 0 saturated carbocycles. The van der Waals surface area contributed by atoms with Crippen LogP contribution in [0.2, 0.25) is 5.02 Å². The van der Waals surface area contributed by atoms with Crippen molar-refractivity contribution in [2.45, 2.75) is 18.6 Å². The number of carbonyl (C=O) groups excluding carboxylic acids is 1. The number of amides is 1. The maximum atomic E-state index is 12.3. The van der Waals surface area contributed by atoms with E-state index < -0.39 is 0 Å². The summed E-state index contributed by atoms with van der Waals surface area (Å²) >= 11 is 7.21. The fourth-order valence-corrected chi connectivity index (χ4v) is 3.53. The van der Waals surface area contributed by atoms with E-state index in [0.29, 0.717) is 29.0 Å². The van der Waals surface area contributed by atoms with Gasteiger partial charge < -0.3 is 10.1 Å². The van der Waals surface area contributed by atoms with Crippen LogP contribution in [-0.4, -0.2) is 40.1 Å². The molecule has 0 bridgehead atoms. The van der Waals surface area contributed by atoms with E-state index in [2.05, 4.69) is 21.6 Å². The Bertz CT molecular complexity index is 944. The van der Waals surface area contributed by atoms with E-state index in [0.717, 1.165) is 17.0 Å². The van der Waals surface area contributed by atoms with Crippen LogP contribution in [0.1, 0.15) is 5.56 Å². The van der Waals surface area contributed by atoms with Crippen molar-refractivity contribution in [2.75, 3.05) is 24.8 Å². The molecule has 0 radical (unpaired) electrons. The number of ether oxygens (including phenoxy) is 1. The van der Waals surface area contributed by atoms with E-state index in [1.807, 2.05) is 29.7 Å². The monoisotopic (exact) mass is 416 g/mol. The van der Waals surface area contributed by atoms with E-state index in [1.54, 1.807) is 31.4 Å². The van der Waals surface area contributed by atoms with Crippen molar-refractivity contribution in [1.29, 1.82) is 0 Å². The number of nitrogens with zero attached hydrogens (tertiary/aromatic N) is 3. The fourth-order valence-electron chi connectivity index (χ4n) is 2.64. The van der Waals surface area contributed by atoms with E-state index in [9.17, 15) is 4.79 Å². The van der Waals surface area contributed by atoms with Gasteiger partial charge in [-0.2, -0.15) is 0 Å². The molecule has 0 saturated heterocycles. The van der Waals surface area contributed by atoms with Gasteiger partial charge in [-0.1, -0.05) is 47.1 Å². The van der Waals surface area contributed by atoms with Crippen LogP contribution in [0.15, 0.2) is 53.7 Å². The average Bonchev–Trinajstić information content (AvgIpc) is 3.09. The molecular formula is C20H21ClN4O2S. The normalized spacial score (nSPS) is 10.8. The van der Waals surface area contributed by atoms with Crippen molar-refractivity contribution in [2.24, 2.45) is 0 Å². The molecule has 146 valence electrons. The van der Waals surface area contributed by atoms with Crippen LogP contribution in [0.5, 0.6) is 0 Å². The third kappa shape index (κ3) is 5.34. The lowest BCUT2D eigenvalue weighted by atomic mass is 10.1. The molecule has 0 unspecified atom stereocenters. The molecule has 6 nitrogen and oxygen atoms in total. The quantitative estimate of drug-likeness (QED) is 0.555. The second-order valence-electron chi connectivity index (χ2n) is 6.16. The van der Waals surface area contributed by atoms with Gasteiger partial charge in [-0.25, -0.2) is 0 Å². The Morgan fingerprint density at radius 2 is 2.00 bits per heavy atom. The lowest BCUT2D eigenvalue weighted by molar-refractivity contribution is -0.113. The third-order valence-electron chi connectivity index (χ3n) is 3.97. The van der Waals surface area contributed by atoms with Gasteiger partial charge in [0.05, 0.1) is 18.9 Å². The molecule has 0 aliphatic heterocycles. The van der Waals surface area contributed by atoms with Gasteiger partial charge in [0.25, 0.3) is 0 Å². The molecule has 2 aromatic carbocycles. The molecule has 0 atom stereocenters. The van der Waals surface area contributed by atoms with Gasteiger partial charge in [-0.05, 0) is 37.3 Å². The van der Waals surface area contributed by atoms with Gasteiger partial charge in [0.2, 0.25) is 5.91 Å². The number of methoxy groups -OCH3 is 1. The van der Waals surface area contributed by atoms with Crippen molar-refractivity contribution in [1.82, 2.24) is 14.8 Å². The summed E-state index contributed by atoms with van der Waals surface area (Å²) < 4.78 is 7.21. The Kier molecular flexibility index (Phi) is 7.08. The molecule has 1 N–H and O–H groups in total. The number of aromatic nitrogens is 3. The second kappa shape index (κ2) is 9.73. The number of hydrogen-bond donors (Lipinski definition) is 1. The minimum absolute atomic E-state index is 0.120. The van der Waals surface area contributed by atoms with Crippen molar-refractivity contribution >= 4 is 35.0 Å². The first-order valence-corrected chi connectivity index (χ1v) is 10.1. The van der Waals surface area contributed by atoms with Crippen LogP contribution >= 0.6 is 23.4 Å². The zero-order chi connectivity index (χ0) is 19.9. The number of halogens is 1. The summed E-state index contributed by atoms with van der Waals surface area (Å²) in [6, 6.07) is 15.1. The minimum Gasteiger partial charge on any atom is -0.383 e. The summed E-state index contributed by atoms with van der Waals surface area (Å²) in [5, 5.41) is 12.8.